The van der Waals surface area contributed by atoms with Gasteiger partial charge in [-0.05, 0) is 13.3 Å². The van der Waals surface area contributed by atoms with Crippen molar-refractivity contribution in [2.75, 3.05) is 12.0 Å². The Morgan fingerprint density at radius 1 is 1.36 bits per heavy atom. The number of sulfone groups is 1. The highest BCUT2D eigenvalue weighted by Crippen LogP contribution is 1.91. The topological polar surface area (TPSA) is 51.2 Å². The standard InChI is InChI=1S/C5H12O2S.C2H4O/c1-3-4-5-8(2,6)7;1-2-3/h3-5H2,1-2H3;2H,1H3. The molecule has 0 amide bonds. The average molecular weight is 180 g/mol. The molecule has 0 saturated heterocycles. The Labute approximate surface area is 68.7 Å². The second-order valence-electron chi connectivity index (χ2n) is 2.22. The molecule has 11 heavy (non-hydrogen) atoms. The summed E-state index contributed by atoms with van der Waals surface area (Å²) in [6.07, 6.45) is 3.76. The lowest BCUT2D eigenvalue weighted by Crippen LogP contribution is -2.01. The smallest absolute Gasteiger partial charge is 0.147 e. The molecule has 0 N–H and O–H groups in total. The van der Waals surface area contributed by atoms with Gasteiger partial charge in [0, 0.05) is 12.0 Å². The first-order valence-corrected chi connectivity index (χ1v) is 5.61. The first-order chi connectivity index (χ1) is 4.97. The monoisotopic (exact) mass is 180 g/mol. The van der Waals surface area contributed by atoms with Crippen LogP contribution in [0.1, 0.15) is 26.7 Å². The molecule has 0 rings (SSSR count). The van der Waals surface area contributed by atoms with E-state index in [0.29, 0.717) is 5.75 Å². The second-order valence-corrected chi connectivity index (χ2v) is 4.48. The van der Waals surface area contributed by atoms with E-state index in [4.69, 9.17) is 4.79 Å². The highest BCUT2D eigenvalue weighted by Gasteiger charge is 1.97. The molecule has 0 aliphatic carbocycles. The summed E-state index contributed by atoms with van der Waals surface area (Å²) < 4.78 is 20.8. The summed E-state index contributed by atoms with van der Waals surface area (Å²) in [6.45, 7) is 3.42. The Morgan fingerprint density at radius 3 is 1.82 bits per heavy atom. The van der Waals surface area contributed by atoms with Crippen LogP contribution in [0.5, 0.6) is 0 Å². The van der Waals surface area contributed by atoms with Gasteiger partial charge in [0.25, 0.3) is 0 Å². The highest BCUT2D eigenvalue weighted by molar-refractivity contribution is 7.90. The third-order valence-corrected chi connectivity index (χ3v) is 1.90. The lowest BCUT2D eigenvalue weighted by Gasteiger charge is -1.91. The Hall–Kier alpha value is -0.380. The number of unbranched alkanes of at least 4 members (excludes halogenated alkanes) is 1. The van der Waals surface area contributed by atoms with E-state index in [-0.39, 0.29) is 0 Å². The van der Waals surface area contributed by atoms with Crippen LogP contribution in [0.2, 0.25) is 0 Å². The second kappa shape index (κ2) is 7.72. The first-order valence-electron chi connectivity index (χ1n) is 3.55. The summed E-state index contributed by atoms with van der Waals surface area (Å²) in [5, 5.41) is 0. The molecule has 0 fully saturated rings. The minimum absolute atomic E-state index is 0.337. The number of hydrogen-bond acceptors (Lipinski definition) is 3. The summed E-state index contributed by atoms with van der Waals surface area (Å²) >= 11 is 0. The van der Waals surface area contributed by atoms with Gasteiger partial charge in [0.1, 0.15) is 16.1 Å². The van der Waals surface area contributed by atoms with Crippen molar-refractivity contribution in [3.05, 3.63) is 0 Å². The Balaban J connectivity index is 0. The van der Waals surface area contributed by atoms with E-state index in [2.05, 4.69) is 0 Å². The molecular formula is C7H16O3S. The number of carbonyl (C=O) groups excluding carboxylic acids is 1. The molecule has 0 saturated carbocycles. The predicted molar refractivity (Wildman–Crippen MR) is 46.4 cm³/mol. The van der Waals surface area contributed by atoms with Gasteiger partial charge in [0.15, 0.2) is 0 Å². The molecule has 0 aromatic rings. The summed E-state index contributed by atoms with van der Waals surface area (Å²) in [4.78, 5) is 8.81. The van der Waals surface area contributed by atoms with Crippen molar-refractivity contribution in [1.29, 1.82) is 0 Å². The van der Waals surface area contributed by atoms with E-state index in [1.54, 1.807) is 0 Å². The van der Waals surface area contributed by atoms with Crippen LogP contribution in [0, 0.1) is 0 Å². The van der Waals surface area contributed by atoms with Crippen molar-refractivity contribution >= 4 is 16.1 Å². The van der Waals surface area contributed by atoms with Crippen molar-refractivity contribution < 1.29 is 13.2 Å². The van der Waals surface area contributed by atoms with Gasteiger partial charge in [-0.15, -0.1) is 0 Å². The molecule has 0 aromatic carbocycles. The number of hydrogen-bond donors (Lipinski definition) is 0. The van der Waals surface area contributed by atoms with Crippen molar-refractivity contribution in [2.24, 2.45) is 0 Å². The van der Waals surface area contributed by atoms with E-state index in [9.17, 15) is 8.42 Å². The zero-order valence-corrected chi connectivity index (χ0v) is 8.15. The molecule has 0 unspecified atom stereocenters. The summed E-state index contributed by atoms with van der Waals surface area (Å²) in [5.74, 6) is 0.337. The van der Waals surface area contributed by atoms with Crippen molar-refractivity contribution in [2.45, 2.75) is 26.7 Å². The fourth-order valence-corrected chi connectivity index (χ4v) is 1.22. The fourth-order valence-electron chi connectivity index (χ4n) is 0.407. The molecule has 0 atom stereocenters. The van der Waals surface area contributed by atoms with E-state index >= 15 is 0 Å². The van der Waals surface area contributed by atoms with Crippen LogP contribution in [-0.4, -0.2) is 26.7 Å². The van der Waals surface area contributed by atoms with E-state index in [1.165, 1.54) is 13.2 Å². The highest BCUT2D eigenvalue weighted by atomic mass is 32.2. The van der Waals surface area contributed by atoms with Crippen molar-refractivity contribution in [1.82, 2.24) is 0 Å². The lowest BCUT2D eigenvalue weighted by atomic mass is 10.4. The zero-order chi connectivity index (χ0) is 9.33. The van der Waals surface area contributed by atoms with Gasteiger partial charge in [0.2, 0.25) is 0 Å². The minimum Gasteiger partial charge on any atom is -0.304 e. The van der Waals surface area contributed by atoms with E-state index < -0.39 is 9.84 Å². The van der Waals surface area contributed by atoms with Crippen LogP contribution < -0.4 is 0 Å². The largest absolute Gasteiger partial charge is 0.304 e. The zero-order valence-electron chi connectivity index (χ0n) is 7.33. The van der Waals surface area contributed by atoms with Gasteiger partial charge < -0.3 is 4.79 Å². The number of carbonyl (C=O) groups is 1. The predicted octanol–water partition coefficient (Wildman–Crippen LogP) is 1.04. The molecule has 0 radical (unpaired) electrons. The van der Waals surface area contributed by atoms with Crippen LogP contribution in [0.4, 0.5) is 0 Å². The summed E-state index contributed by atoms with van der Waals surface area (Å²) in [6, 6.07) is 0. The van der Waals surface area contributed by atoms with Crippen LogP contribution in [-0.2, 0) is 14.6 Å². The van der Waals surface area contributed by atoms with Crippen LogP contribution in [0.15, 0.2) is 0 Å². The van der Waals surface area contributed by atoms with Gasteiger partial charge in [-0.25, -0.2) is 8.42 Å². The number of rotatable bonds is 3. The minimum atomic E-state index is -2.69. The maximum Gasteiger partial charge on any atom is 0.147 e. The van der Waals surface area contributed by atoms with Gasteiger partial charge in [-0.3, -0.25) is 0 Å². The van der Waals surface area contributed by atoms with Crippen molar-refractivity contribution in [3.63, 3.8) is 0 Å². The maximum atomic E-state index is 10.4. The van der Waals surface area contributed by atoms with Crippen LogP contribution >= 0.6 is 0 Å². The fraction of sp³-hybridized carbons (Fsp3) is 0.857. The molecule has 0 aliphatic heterocycles. The van der Waals surface area contributed by atoms with Gasteiger partial charge in [0.05, 0.1) is 0 Å². The van der Waals surface area contributed by atoms with E-state index in [1.807, 2.05) is 6.92 Å². The molecular weight excluding hydrogens is 164 g/mol. The lowest BCUT2D eigenvalue weighted by molar-refractivity contribution is -0.106. The summed E-state index contributed by atoms with van der Waals surface area (Å²) in [7, 11) is -2.69. The molecule has 0 spiro atoms. The normalized spacial score (nSPS) is 9.73. The SMILES string of the molecule is CC=O.CCCCS(C)(=O)=O. The molecule has 0 bridgehead atoms. The van der Waals surface area contributed by atoms with Gasteiger partial charge in [-0.1, -0.05) is 13.3 Å². The third-order valence-electron chi connectivity index (χ3n) is 0.869. The average Bonchev–Trinajstić information content (AvgIpc) is 1.84. The molecule has 4 heteroatoms. The molecule has 0 heterocycles. The Bertz CT molecular complexity index is 170. The van der Waals surface area contributed by atoms with Crippen LogP contribution in [0.25, 0.3) is 0 Å². The van der Waals surface area contributed by atoms with Crippen molar-refractivity contribution in [3.8, 4) is 0 Å². The molecule has 0 aromatic heterocycles. The Morgan fingerprint density at radius 2 is 1.73 bits per heavy atom. The van der Waals surface area contributed by atoms with E-state index in [0.717, 1.165) is 19.1 Å². The summed E-state index contributed by atoms with van der Waals surface area (Å²) in [5.41, 5.74) is 0. The van der Waals surface area contributed by atoms with Crippen LogP contribution in [0.3, 0.4) is 0 Å². The molecule has 0 aliphatic rings. The first kappa shape index (κ1) is 13.2. The molecule has 3 nitrogen and oxygen atoms in total. The third kappa shape index (κ3) is 26.2. The maximum absolute atomic E-state index is 10.4. The van der Waals surface area contributed by atoms with Gasteiger partial charge >= 0.3 is 0 Å². The Kier molecular flexibility index (Phi) is 9.29. The number of aldehydes is 1. The quantitative estimate of drug-likeness (QED) is 0.610. The molecule has 68 valence electrons. The van der Waals surface area contributed by atoms with Gasteiger partial charge in [-0.2, -0.15) is 0 Å².